The van der Waals surface area contributed by atoms with Crippen LogP contribution < -0.4 is 5.32 Å². The van der Waals surface area contributed by atoms with E-state index >= 15 is 0 Å². The fourth-order valence-corrected chi connectivity index (χ4v) is 1.30. The molecule has 0 fully saturated rings. The number of ketones is 1. The van der Waals surface area contributed by atoms with E-state index in [9.17, 15) is 9.18 Å². The molecule has 0 aliphatic heterocycles. The Morgan fingerprint density at radius 3 is 2.77 bits per heavy atom. The summed E-state index contributed by atoms with van der Waals surface area (Å²) in [4.78, 5) is 11.1. The van der Waals surface area contributed by atoms with Crippen molar-refractivity contribution in [3.8, 4) is 0 Å². The lowest BCUT2D eigenvalue weighted by atomic mass is 10.0. The second-order valence-corrected chi connectivity index (χ2v) is 2.86. The highest BCUT2D eigenvalue weighted by Gasteiger charge is 2.11. The van der Waals surface area contributed by atoms with Gasteiger partial charge in [-0.2, -0.15) is 0 Å². The van der Waals surface area contributed by atoms with Gasteiger partial charge in [0.05, 0.1) is 5.56 Å². The van der Waals surface area contributed by atoms with Crippen LogP contribution in [0.3, 0.4) is 0 Å². The molecule has 1 aromatic rings. The molecule has 1 N–H and O–H groups in total. The van der Waals surface area contributed by atoms with E-state index in [2.05, 4.69) is 5.32 Å². The van der Waals surface area contributed by atoms with E-state index in [-0.39, 0.29) is 11.3 Å². The Labute approximate surface area is 76.8 Å². The molecule has 0 heterocycles. The van der Waals surface area contributed by atoms with Crippen molar-refractivity contribution in [1.29, 1.82) is 0 Å². The van der Waals surface area contributed by atoms with Crippen LogP contribution in [-0.2, 0) is 6.54 Å². The summed E-state index contributed by atoms with van der Waals surface area (Å²) in [5.41, 5.74) is 0.895. The molecule has 0 bridgehead atoms. The summed E-state index contributed by atoms with van der Waals surface area (Å²) in [5.74, 6) is -0.677. The minimum absolute atomic E-state index is 0.192. The first-order valence-corrected chi connectivity index (χ1v) is 4.09. The lowest BCUT2D eigenvalue weighted by Crippen LogP contribution is -2.11. The maximum Gasteiger partial charge on any atom is 0.163 e. The molecule has 0 saturated heterocycles. The molecule has 1 rings (SSSR count). The van der Waals surface area contributed by atoms with Crippen molar-refractivity contribution in [3.63, 3.8) is 0 Å². The van der Waals surface area contributed by atoms with E-state index in [1.54, 1.807) is 19.2 Å². The van der Waals surface area contributed by atoms with Gasteiger partial charge >= 0.3 is 0 Å². The van der Waals surface area contributed by atoms with Gasteiger partial charge in [-0.1, -0.05) is 12.1 Å². The third-order valence-corrected chi connectivity index (χ3v) is 1.82. The van der Waals surface area contributed by atoms with E-state index in [0.29, 0.717) is 12.1 Å². The Balaban J connectivity index is 3.17. The molecule has 1 aromatic carbocycles. The summed E-state index contributed by atoms with van der Waals surface area (Å²) >= 11 is 0. The molecule has 0 spiro atoms. The number of carbonyl (C=O) groups is 1. The number of rotatable bonds is 3. The van der Waals surface area contributed by atoms with Gasteiger partial charge in [0.25, 0.3) is 0 Å². The number of nitrogens with one attached hydrogen (secondary N) is 1. The smallest absolute Gasteiger partial charge is 0.163 e. The summed E-state index contributed by atoms with van der Waals surface area (Å²) < 4.78 is 13.2. The molecule has 3 heteroatoms. The van der Waals surface area contributed by atoms with Crippen molar-refractivity contribution in [2.24, 2.45) is 0 Å². The number of carbonyl (C=O) groups excluding carboxylic acids is 1. The van der Waals surface area contributed by atoms with Crippen LogP contribution in [0.25, 0.3) is 0 Å². The molecular formula is C10H12FNO. The van der Waals surface area contributed by atoms with E-state index in [1.165, 1.54) is 13.0 Å². The van der Waals surface area contributed by atoms with Crippen LogP contribution in [0.15, 0.2) is 18.2 Å². The molecular weight excluding hydrogens is 169 g/mol. The second-order valence-electron chi connectivity index (χ2n) is 2.86. The maximum atomic E-state index is 13.2. The standard InChI is InChI=1S/C10H12FNO/c1-7(13)10-8(6-12-2)4-3-5-9(10)11/h3-5,12H,6H2,1-2H3. The molecule has 0 aromatic heterocycles. The van der Waals surface area contributed by atoms with E-state index in [0.717, 1.165) is 0 Å². The molecule has 70 valence electrons. The number of benzene rings is 1. The Kier molecular flexibility index (Phi) is 3.14. The molecule has 0 aliphatic carbocycles. The van der Waals surface area contributed by atoms with Gasteiger partial charge in [-0.05, 0) is 25.6 Å². The SMILES string of the molecule is CNCc1cccc(F)c1C(C)=O. The molecule has 2 nitrogen and oxygen atoms in total. The Morgan fingerprint density at radius 1 is 1.54 bits per heavy atom. The Hall–Kier alpha value is -1.22. The zero-order valence-electron chi connectivity index (χ0n) is 7.73. The van der Waals surface area contributed by atoms with Crippen molar-refractivity contribution in [1.82, 2.24) is 5.32 Å². The molecule has 0 unspecified atom stereocenters. The van der Waals surface area contributed by atoms with Gasteiger partial charge in [0.2, 0.25) is 0 Å². The monoisotopic (exact) mass is 181 g/mol. The van der Waals surface area contributed by atoms with Gasteiger partial charge in [0.1, 0.15) is 5.82 Å². The minimum Gasteiger partial charge on any atom is -0.316 e. The van der Waals surface area contributed by atoms with Crippen LogP contribution in [0.1, 0.15) is 22.8 Å². The number of hydrogen-bond donors (Lipinski definition) is 1. The molecule has 13 heavy (non-hydrogen) atoms. The Morgan fingerprint density at radius 2 is 2.23 bits per heavy atom. The lowest BCUT2D eigenvalue weighted by Gasteiger charge is -2.06. The first-order chi connectivity index (χ1) is 6.16. The average Bonchev–Trinajstić information content (AvgIpc) is 2.04. The van der Waals surface area contributed by atoms with Crippen LogP contribution in [0, 0.1) is 5.82 Å². The van der Waals surface area contributed by atoms with Crippen molar-refractivity contribution < 1.29 is 9.18 Å². The molecule has 0 radical (unpaired) electrons. The van der Waals surface area contributed by atoms with E-state index in [4.69, 9.17) is 0 Å². The fraction of sp³-hybridized carbons (Fsp3) is 0.300. The first-order valence-electron chi connectivity index (χ1n) is 4.09. The third-order valence-electron chi connectivity index (χ3n) is 1.82. The van der Waals surface area contributed by atoms with Crippen LogP contribution in [0.2, 0.25) is 0 Å². The fourth-order valence-electron chi connectivity index (χ4n) is 1.30. The average molecular weight is 181 g/mol. The summed E-state index contributed by atoms with van der Waals surface area (Å²) in [6, 6.07) is 4.65. The van der Waals surface area contributed by atoms with Crippen molar-refractivity contribution >= 4 is 5.78 Å². The zero-order chi connectivity index (χ0) is 9.84. The van der Waals surface area contributed by atoms with Gasteiger partial charge < -0.3 is 5.32 Å². The second kappa shape index (κ2) is 4.14. The Bertz CT molecular complexity index is 323. The summed E-state index contributed by atoms with van der Waals surface area (Å²) in [5, 5.41) is 2.89. The quantitative estimate of drug-likeness (QED) is 0.720. The third kappa shape index (κ3) is 2.12. The molecule has 0 amide bonds. The number of Topliss-reactive ketones (excluding diaryl/α,β-unsaturated/α-hetero) is 1. The van der Waals surface area contributed by atoms with Crippen LogP contribution in [0.5, 0.6) is 0 Å². The van der Waals surface area contributed by atoms with Crippen LogP contribution in [-0.4, -0.2) is 12.8 Å². The maximum absolute atomic E-state index is 13.2. The van der Waals surface area contributed by atoms with E-state index < -0.39 is 5.82 Å². The van der Waals surface area contributed by atoms with Gasteiger partial charge in [-0.25, -0.2) is 4.39 Å². The van der Waals surface area contributed by atoms with Crippen LogP contribution in [0.4, 0.5) is 4.39 Å². The number of hydrogen-bond acceptors (Lipinski definition) is 2. The van der Waals surface area contributed by atoms with Gasteiger partial charge in [-0.3, -0.25) is 4.79 Å². The van der Waals surface area contributed by atoms with E-state index in [1.807, 2.05) is 0 Å². The highest BCUT2D eigenvalue weighted by molar-refractivity contribution is 5.95. The summed E-state index contributed by atoms with van der Waals surface area (Å²) in [6.45, 7) is 1.88. The lowest BCUT2D eigenvalue weighted by molar-refractivity contribution is 0.101. The van der Waals surface area contributed by atoms with Gasteiger partial charge in [-0.15, -0.1) is 0 Å². The normalized spacial score (nSPS) is 10.1. The predicted molar refractivity (Wildman–Crippen MR) is 49.2 cm³/mol. The molecule has 0 aliphatic rings. The van der Waals surface area contributed by atoms with Gasteiger partial charge in [0.15, 0.2) is 5.78 Å². The topological polar surface area (TPSA) is 29.1 Å². The molecule has 0 atom stereocenters. The minimum atomic E-state index is -0.444. The highest BCUT2D eigenvalue weighted by Crippen LogP contribution is 2.13. The van der Waals surface area contributed by atoms with Gasteiger partial charge in [0, 0.05) is 6.54 Å². The largest absolute Gasteiger partial charge is 0.316 e. The molecule has 0 saturated carbocycles. The number of halogens is 1. The highest BCUT2D eigenvalue weighted by atomic mass is 19.1. The summed E-state index contributed by atoms with van der Waals surface area (Å²) in [6.07, 6.45) is 0. The zero-order valence-corrected chi connectivity index (χ0v) is 7.73. The van der Waals surface area contributed by atoms with Crippen molar-refractivity contribution in [2.75, 3.05) is 7.05 Å². The first kappa shape index (κ1) is 9.86. The predicted octanol–water partition coefficient (Wildman–Crippen LogP) is 1.75. The van der Waals surface area contributed by atoms with Crippen LogP contribution >= 0.6 is 0 Å². The van der Waals surface area contributed by atoms with Crippen molar-refractivity contribution in [3.05, 3.63) is 35.1 Å². The summed E-state index contributed by atoms with van der Waals surface area (Å²) in [7, 11) is 1.76. The van der Waals surface area contributed by atoms with Crippen molar-refractivity contribution in [2.45, 2.75) is 13.5 Å².